The zero-order valence-electron chi connectivity index (χ0n) is 14.2. The van der Waals surface area contributed by atoms with Crippen LogP contribution >= 0.6 is 0 Å². The van der Waals surface area contributed by atoms with E-state index < -0.39 is 35.9 Å². The first-order chi connectivity index (χ1) is 10.5. The van der Waals surface area contributed by atoms with Gasteiger partial charge in [-0.25, -0.2) is 4.39 Å². The van der Waals surface area contributed by atoms with Crippen molar-refractivity contribution in [2.75, 3.05) is 0 Å². The Morgan fingerprint density at radius 2 is 2.00 bits per heavy atom. The molecule has 0 amide bonds. The predicted molar refractivity (Wildman–Crippen MR) is 96.0 cm³/mol. The summed E-state index contributed by atoms with van der Waals surface area (Å²) in [6.07, 6.45) is 0.361. The van der Waals surface area contributed by atoms with E-state index in [0.717, 1.165) is 0 Å². The molecule has 0 aliphatic carbocycles. The van der Waals surface area contributed by atoms with Crippen LogP contribution in [0.1, 0.15) is 37.3 Å². The predicted octanol–water partition coefficient (Wildman–Crippen LogP) is 3.45. The van der Waals surface area contributed by atoms with Gasteiger partial charge in [-0.05, 0) is 19.9 Å². The van der Waals surface area contributed by atoms with Gasteiger partial charge in [0.05, 0.1) is 11.5 Å². The Morgan fingerprint density at radius 1 is 1.39 bits per heavy atom. The quantitative estimate of drug-likeness (QED) is 0.513. The molecule has 124 valence electrons. The molecule has 0 spiro atoms. The SMILES string of the molecule is CC(C)(C[C@H](C#C[Si](C)(C)C)c1cccc(C#N)c1F)[S+](N)[O-]. The molecule has 1 aromatic rings. The Morgan fingerprint density at radius 3 is 2.48 bits per heavy atom. The Labute approximate surface area is 142 Å². The number of nitrogens with zero attached hydrogens (tertiary/aromatic N) is 1. The Bertz CT molecular complexity index is 666. The lowest BCUT2D eigenvalue weighted by molar-refractivity contribution is 0.507. The van der Waals surface area contributed by atoms with E-state index in [2.05, 4.69) is 31.1 Å². The maximum absolute atomic E-state index is 14.5. The minimum Gasteiger partial charge on any atom is -0.598 e. The molecule has 3 nitrogen and oxygen atoms in total. The largest absolute Gasteiger partial charge is 0.598 e. The fraction of sp³-hybridized carbons (Fsp3) is 0.471. The molecule has 0 bridgehead atoms. The van der Waals surface area contributed by atoms with Gasteiger partial charge in [-0.3, -0.25) is 0 Å². The average Bonchev–Trinajstić information content (AvgIpc) is 2.42. The summed E-state index contributed by atoms with van der Waals surface area (Å²) >= 11 is -1.55. The van der Waals surface area contributed by atoms with Crippen molar-refractivity contribution in [2.45, 2.75) is 50.6 Å². The molecule has 1 aromatic carbocycles. The zero-order chi connectivity index (χ0) is 17.8. The number of nitrogens with two attached hydrogens (primary N) is 1. The third-order valence-corrected chi connectivity index (χ3v) is 5.54. The highest BCUT2D eigenvalue weighted by molar-refractivity contribution is 7.90. The molecule has 0 aliphatic rings. The molecule has 6 heteroatoms. The summed E-state index contributed by atoms with van der Waals surface area (Å²) in [5.74, 6) is 2.15. The van der Waals surface area contributed by atoms with E-state index in [1.165, 1.54) is 6.07 Å². The van der Waals surface area contributed by atoms with Crippen molar-refractivity contribution in [1.29, 1.82) is 5.26 Å². The molecule has 0 aromatic heterocycles. The molecule has 0 heterocycles. The second-order valence-electron chi connectivity index (χ2n) is 7.15. The van der Waals surface area contributed by atoms with Crippen LogP contribution in [0.5, 0.6) is 0 Å². The maximum atomic E-state index is 14.5. The number of halogens is 1. The monoisotopic (exact) mass is 350 g/mol. The van der Waals surface area contributed by atoms with Crippen LogP contribution in [0.4, 0.5) is 4.39 Å². The van der Waals surface area contributed by atoms with Crippen LogP contribution in [-0.4, -0.2) is 17.4 Å². The molecule has 23 heavy (non-hydrogen) atoms. The number of benzene rings is 1. The molecule has 0 fully saturated rings. The molecule has 0 aliphatic heterocycles. The van der Waals surface area contributed by atoms with Gasteiger partial charge in [-0.2, -0.15) is 10.4 Å². The summed E-state index contributed by atoms with van der Waals surface area (Å²) in [6, 6.07) is 6.57. The third kappa shape index (κ3) is 5.67. The van der Waals surface area contributed by atoms with Crippen molar-refractivity contribution in [2.24, 2.45) is 5.14 Å². The van der Waals surface area contributed by atoms with Crippen LogP contribution in [0, 0.1) is 28.6 Å². The molecule has 0 radical (unpaired) electrons. The van der Waals surface area contributed by atoms with Gasteiger partial charge in [0, 0.05) is 23.3 Å². The van der Waals surface area contributed by atoms with E-state index in [-0.39, 0.29) is 5.56 Å². The Hall–Kier alpha value is -1.31. The average molecular weight is 351 g/mol. The van der Waals surface area contributed by atoms with Gasteiger partial charge in [-0.1, -0.05) is 31.8 Å². The molecule has 1 unspecified atom stereocenters. The van der Waals surface area contributed by atoms with Crippen molar-refractivity contribution < 1.29 is 8.94 Å². The van der Waals surface area contributed by atoms with Gasteiger partial charge < -0.3 is 4.55 Å². The van der Waals surface area contributed by atoms with E-state index in [1.54, 1.807) is 26.0 Å². The molecule has 2 atom stereocenters. The first kappa shape index (κ1) is 19.7. The summed E-state index contributed by atoms with van der Waals surface area (Å²) in [7, 11) is -1.65. The molecule has 2 N–H and O–H groups in total. The summed E-state index contributed by atoms with van der Waals surface area (Å²) in [5.41, 5.74) is 3.61. The topological polar surface area (TPSA) is 72.9 Å². The highest BCUT2D eigenvalue weighted by Crippen LogP contribution is 2.32. The summed E-state index contributed by atoms with van der Waals surface area (Å²) in [6.45, 7) is 9.86. The Kier molecular flexibility index (Phi) is 6.44. The number of hydrogen-bond acceptors (Lipinski definition) is 3. The van der Waals surface area contributed by atoms with Crippen LogP contribution in [0.25, 0.3) is 0 Å². The lowest BCUT2D eigenvalue weighted by Gasteiger charge is -2.27. The normalized spacial score (nSPS) is 14.4. The van der Waals surface area contributed by atoms with Crippen molar-refractivity contribution >= 4 is 19.4 Å². The number of rotatable bonds is 4. The fourth-order valence-corrected chi connectivity index (χ4v) is 2.96. The summed E-state index contributed by atoms with van der Waals surface area (Å²) < 4.78 is 25.6. The summed E-state index contributed by atoms with van der Waals surface area (Å²) in [4.78, 5) is 0. The molecule has 0 saturated carbocycles. The first-order valence-corrected chi connectivity index (χ1v) is 12.1. The fourth-order valence-electron chi connectivity index (χ4n) is 2.02. The minimum atomic E-state index is -1.65. The van der Waals surface area contributed by atoms with Crippen LogP contribution in [-0.2, 0) is 11.4 Å². The maximum Gasteiger partial charge on any atom is 0.145 e. The minimum absolute atomic E-state index is 0.00557. The smallest absolute Gasteiger partial charge is 0.145 e. The van der Waals surface area contributed by atoms with Crippen molar-refractivity contribution in [3.05, 3.63) is 35.1 Å². The van der Waals surface area contributed by atoms with Crippen LogP contribution in [0.15, 0.2) is 18.2 Å². The second kappa shape index (κ2) is 7.50. The van der Waals surface area contributed by atoms with Crippen LogP contribution < -0.4 is 5.14 Å². The third-order valence-electron chi connectivity index (χ3n) is 3.39. The van der Waals surface area contributed by atoms with E-state index in [4.69, 9.17) is 10.4 Å². The van der Waals surface area contributed by atoms with Crippen molar-refractivity contribution in [3.63, 3.8) is 0 Å². The van der Waals surface area contributed by atoms with E-state index in [9.17, 15) is 8.94 Å². The highest BCUT2D eigenvalue weighted by Gasteiger charge is 2.34. The van der Waals surface area contributed by atoms with Gasteiger partial charge in [-0.15, -0.1) is 11.5 Å². The van der Waals surface area contributed by atoms with Gasteiger partial charge in [0.1, 0.15) is 24.7 Å². The molecule has 1 rings (SSSR count). The second-order valence-corrected chi connectivity index (χ2v) is 13.6. The van der Waals surface area contributed by atoms with E-state index in [0.29, 0.717) is 12.0 Å². The molecule has 0 saturated heterocycles. The Balaban J connectivity index is 3.36. The first-order valence-electron chi connectivity index (χ1n) is 7.35. The van der Waals surface area contributed by atoms with Crippen LogP contribution in [0.3, 0.4) is 0 Å². The van der Waals surface area contributed by atoms with E-state index >= 15 is 0 Å². The van der Waals surface area contributed by atoms with Crippen molar-refractivity contribution in [1.82, 2.24) is 0 Å². The highest BCUT2D eigenvalue weighted by atomic mass is 32.2. The van der Waals surface area contributed by atoms with Crippen molar-refractivity contribution in [3.8, 4) is 17.5 Å². The van der Waals surface area contributed by atoms with E-state index in [1.807, 2.05) is 6.07 Å². The van der Waals surface area contributed by atoms with Gasteiger partial charge in [0.2, 0.25) is 0 Å². The molecular formula is C17H23FN2OSSi. The number of nitriles is 1. The van der Waals surface area contributed by atoms with Gasteiger partial charge in [0.15, 0.2) is 0 Å². The number of hydrogen-bond donors (Lipinski definition) is 1. The zero-order valence-corrected chi connectivity index (χ0v) is 16.1. The van der Waals surface area contributed by atoms with Gasteiger partial charge >= 0.3 is 0 Å². The lowest BCUT2D eigenvalue weighted by atomic mass is 9.89. The standard InChI is InChI=1S/C17H23FN2OSSi/c1-17(2,22(20)21)11-13(9-10-23(3,4)5)15-8-6-7-14(12-19)16(15)18/h6-8,13H,11,20H2,1-5H3/t13-,22?/m0/s1. The summed E-state index contributed by atoms with van der Waals surface area (Å²) in [5, 5.41) is 14.6. The molecular weight excluding hydrogens is 327 g/mol. The van der Waals surface area contributed by atoms with Gasteiger partial charge in [0.25, 0.3) is 0 Å². The van der Waals surface area contributed by atoms with Crippen LogP contribution in [0.2, 0.25) is 19.6 Å². The lowest BCUT2D eigenvalue weighted by Crippen LogP contribution is -2.39.